The predicted octanol–water partition coefficient (Wildman–Crippen LogP) is 3.98. The van der Waals surface area contributed by atoms with Gasteiger partial charge < -0.3 is 14.4 Å². The molecule has 5 nitrogen and oxygen atoms in total. The SMILES string of the molecule is COc1cc2ccccc2cc1C(=O)OCC(=O)N1c2ccccc2C[C@@H]1C. The molecule has 0 unspecified atom stereocenters. The summed E-state index contributed by atoms with van der Waals surface area (Å²) in [6.07, 6.45) is 0.800. The summed E-state index contributed by atoms with van der Waals surface area (Å²) < 4.78 is 10.7. The first kappa shape index (κ1) is 18.0. The number of fused-ring (bicyclic) bond motifs is 2. The third-order valence-electron chi connectivity index (χ3n) is 5.09. The van der Waals surface area contributed by atoms with E-state index >= 15 is 0 Å². The van der Waals surface area contributed by atoms with Gasteiger partial charge in [0, 0.05) is 11.7 Å². The number of para-hydroxylation sites is 1. The van der Waals surface area contributed by atoms with Crippen molar-refractivity contribution in [2.45, 2.75) is 19.4 Å². The lowest BCUT2D eigenvalue weighted by Crippen LogP contribution is -2.38. The summed E-state index contributed by atoms with van der Waals surface area (Å²) in [4.78, 5) is 27.1. The van der Waals surface area contributed by atoms with E-state index in [0.29, 0.717) is 11.3 Å². The van der Waals surface area contributed by atoms with E-state index in [1.165, 1.54) is 7.11 Å². The average molecular weight is 375 g/mol. The van der Waals surface area contributed by atoms with Gasteiger partial charge >= 0.3 is 5.97 Å². The largest absolute Gasteiger partial charge is 0.496 e. The van der Waals surface area contributed by atoms with Gasteiger partial charge in [0.1, 0.15) is 11.3 Å². The topological polar surface area (TPSA) is 55.8 Å². The van der Waals surface area contributed by atoms with Crippen LogP contribution in [-0.2, 0) is 16.0 Å². The Morgan fingerprint density at radius 2 is 1.71 bits per heavy atom. The van der Waals surface area contributed by atoms with Gasteiger partial charge in [0.15, 0.2) is 6.61 Å². The van der Waals surface area contributed by atoms with Crippen LogP contribution in [0.3, 0.4) is 0 Å². The van der Waals surface area contributed by atoms with Crippen LogP contribution in [0.1, 0.15) is 22.8 Å². The molecule has 4 rings (SSSR count). The summed E-state index contributed by atoms with van der Waals surface area (Å²) in [5.74, 6) is -0.377. The van der Waals surface area contributed by atoms with Crippen LogP contribution in [0.5, 0.6) is 5.75 Å². The van der Waals surface area contributed by atoms with Crippen molar-refractivity contribution in [3.8, 4) is 5.75 Å². The van der Waals surface area contributed by atoms with Crippen molar-refractivity contribution in [3.63, 3.8) is 0 Å². The zero-order chi connectivity index (χ0) is 19.7. The molecule has 1 aliphatic heterocycles. The van der Waals surface area contributed by atoms with Gasteiger partial charge in [0.25, 0.3) is 5.91 Å². The maximum atomic E-state index is 12.7. The fraction of sp³-hybridized carbons (Fsp3) is 0.217. The van der Waals surface area contributed by atoms with E-state index in [9.17, 15) is 9.59 Å². The number of esters is 1. The molecule has 0 saturated heterocycles. The highest BCUT2D eigenvalue weighted by molar-refractivity contribution is 6.01. The van der Waals surface area contributed by atoms with Crippen LogP contribution in [-0.4, -0.2) is 31.6 Å². The summed E-state index contributed by atoms with van der Waals surface area (Å²) in [6, 6.07) is 19.1. The first-order chi connectivity index (χ1) is 13.6. The van der Waals surface area contributed by atoms with Crippen LogP contribution in [0.2, 0.25) is 0 Å². The number of rotatable bonds is 4. The number of anilines is 1. The molecule has 0 N–H and O–H groups in total. The lowest BCUT2D eigenvalue weighted by molar-refractivity contribution is -0.122. The molecule has 28 heavy (non-hydrogen) atoms. The number of carbonyl (C=O) groups is 2. The second-order valence-electron chi connectivity index (χ2n) is 6.92. The van der Waals surface area contributed by atoms with E-state index in [4.69, 9.17) is 9.47 Å². The number of methoxy groups -OCH3 is 1. The molecule has 1 aliphatic rings. The Labute approximate surface area is 163 Å². The van der Waals surface area contributed by atoms with E-state index in [-0.39, 0.29) is 18.6 Å². The highest BCUT2D eigenvalue weighted by Crippen LogP contribution is 2.32. The molecule has 1 atom stereocenters. The number of hydrogen-bond donors (Lipinski definition) is 0. The Hall–Kier alpha value is -3.34. The summed E-state index contributed by atoms with van der Waals surface area (Å²) in [5, 5.41) is 1.87. The van der Waals surface area contributed by atoms with Crippen molar-refractivity contribution in [1.82, 2.24) is 0 Å². The molecule has 142 valence electrons. The standard InChI is InChI=1S/C23H21NO4/c1-15-11-18-9-5-6-10-20(18)24(15)22(25)14-28-23(26)19-12-16-7-3-4-8-17(16)13-21(19)27-2/h3-10,12-13,15H,11,14H2,1-2H3/t15-/m0/s1. The summed E-state index contributed by atoms with van der Waals surface area (Å²) in [6.45, 7) is 1.68. The molecule has 0 bridgehead atoms. The average Bonchev–Trinajstić information content (AvgIpc) is 3.06. The van der Waals surface area contributed by atoms with Gasteiger partial charge in [0.05, 0.1) is 7.11 Å². The van der Waals surface area contributed by atoms with Crippen molar-refractivity contribution in [2.24, 2.45) is 0 Å². The fourth-order valence-electron chi connectivity index (χ4n) is 3.77. The molecule has 0 radical (unpaired) electrons. The second-order valence-corrected chi connectivity index (χ2v) is 6.92. The van der Waals surface area contributed by atoms with Gasteiger partial charge in [-0.15, -0.1) is 0 Å². The Morgan fingerprint density at radius 1 is 1.04 bits per heavy atom. The number of ether oxygens (including phenoxy) is 2. The van der Waals surface area contributed by atoms with Gasteiger partial charge in [-0.25, -0.2) is 4.79 Å². The van der Waals surface area contributed by atoms with Gasteiger partial charge in [-0.05, 0) is 47.9 Å². The van der Waals surface area contributed by atoms with Crippen LogP contribution >= 0.6 is 0 Å². The third kappa shape index (κ3) is 3.20. The number of nitrogens with zero attached hydrogens (tertiary/aromatic N) is 1. The molecular formula is C23H21NO4. The number of amides is 1. The lowest BCUT2D eigenvalue weighted by atomic mass is 10.1. The molecule has 0 fully saturated rings. The van der Waals surface area contributed by atoms with E-state index in [2.05, 4.69) is 0 Å². The van der Waals surface area contributed by atoms with Crippen LogP contribution in [0.25, 0.3) is 10.8 Å². The highest BCUT2D eigenvalue weighted by Gasteiger charge is 2.31. The normalized spacial score (nSPS) is 15.4. The van der Waals surface area contributed by atoms with E-state index in [1.807, 2.05) is 55.5 Å². The van der Waals surface area contributed by atoms with Crippen molar-refractivity contribution < 1.29 is 19.1 Å². The van der Waals surface area contributed by atoms with Gasteiger partial charge in [-0.2, -0.15) is 0 Å². The van der Waals surface area contributed by atoms with Crippen LogP contribution < -0.4 is 9.64 Å². The van der Waals surface area contributed by atoms with Crippen molar-refractivity contribution in [1.29, 1.82) is 0 Å². The second kappa shape index (κ2) is 7.35. The van der Waals surface area contributed by atoms with Crippen molar-refractivity contribution in [3.05, 3.63) is 71.8 Å². The summed E-state index contributed by atoms with van der Waals surface area (Å²) >= 11 is 0. The predicted molar refractivity (Wildman–Crippen MR) is 108 cm³/mol. The molecule has 1 heterocycles. The van der Waals surface area contributed by atoms with E-state index < -0.39 is 5.97 Å². The van der Waals surface area contributed by atoms with Gasteiger partial charge in [0.2, 0.25) is 0 Å². The molecule has 3 aromatic rings. The molecule has 0 aliphatic carbocycles. The van der Waals surface area contributed by atoms with Crippen LogP contribution in [0.4, 0.5) is 5.69 Å². The lowest BCUT2D eigenvalue weighted by Gasteiger charge is -2.22. The van der Waals surface area contributed by atoms with Gasteiger partial charge in [-0.1, -0.05) is 42.5 Å². The Balaban J connectivity index is 1.52. The highest BCUT2D eigenvalue weighted by atomic mass is 16.5. The first-order valence-electron chi connectivity index (χ1n) is 9.22. The van der Waals surface area contributed by atoms with E-state index in [1.54, 1.807) is 17.0 Å². The van der Waals surface area contributed by atoms with Crippen LogP contribution in [0, 0.1) is 0 Å². The summed E-state index contributed by atoms with van der Waals surface area (Å²) in [7, 11) is 1.51. The minimum Gasteiger partial charge on any atom is -0.496 e. The van der Waals surface area contributed by atoms with Gasteiger partial charge in [-0.3, -0.25) is 4.79 Å². The van der Waals surface area contributed by atoms with Crippen molar-refractivity contribution >= 4 is 28.3 Å². The molecular weight excluding hydrogens is 354 g/mol. The Bertz CT molecular complexity index is 1060. The van der Waals surface area contributed by atoms with Crippen LogP contribution in [0.15, 0.2) is 60.7 Å². The molecule has 3 aromatic carbocycles. The number of hydrogen-bond acceptors (Lipinski definition) is 4. The van der Waals surface area contributed by atoms with E-state index in [0.717, 1.165) is 28.4 Å². The van der Waals surface area contributed by atoms with Crippen molar-refractivity contribution in [2.75, 3.05) is 18.6 Å². The molecule has 5 heteroatoms. The molecule has 0 spiro atoms. The monoisotopic (exact) mass is 375 g/mol. The molecule has 1 amide bonds. The maximum absolute atomic E-state index is 12.7. The maximum Gasteiger partial charge on any atom is 0.342 e. The molecule has 0 saturated carbocycles. The summed E-state index contributed by atoms with van der Waals surface area (Å²) in [5.41, 5.74) is 2.33. The molecule has 0 aromatic heterocycles. The number of carbonyl (C=O) groups excluding carboxylic acids is 2. The third-order valence-corrected chi connectivity index (χ3v) is 5.09. The minimum absolute atomic E-state index is 0.0406. The zero-order valence-corrected chi connectivity index (χ0v) is 15.8. The Kier molecular flexibility index (Phi) is 4.74. The Morgan fingerprint density at radius 3 is 2.46 bits per heavy atom. The first-order valence-corrected chi connectivity index (χ1v) is 9.22. The number of benzene rings is 3. The fourth-order valence-corrected chi connectivity index (χ4v) is 3.77. The zero-order valence-electron chi connectivity index (χ0n) is 15.8. The quantitative estimate of drug-likeness (QED) is 0.647. The smallest absolute Gasteiger partial charge is 0.342 e. The minimum atomic E-state index is -0.573.